The third-order valence-corrected chi connectivity index (χ3v) is 7.09. The molecule has 0 fully saturated rings. The Morgan fingerprint density at radius 2 is 1.86 bits per heavy atom. The average Bonchev–Trinajstić information content (AvgIpc) is 3.38. The second-order valence-corrected chi connectivity index (χ2v) is 9.78. The van der Waals surface area contributed by atoms with Crippen LogP contribution in [0.3, 0.4) is 0 Å². The number of amides is 1. The fourth-order valence-corrected chi connectivity index (χ4v) is 4.59. The standard InChI is InChI=1S/C27H22BrClN2O4S/c1-33-25-13-19(22(28)14-26(25)34-16-18-7-5-6-10-23(18)29)15-30-31-27(32)24-12-11-20(35-24)17-36-21-8-3-2-4-9-21/h2-15H,16-17H2,1H3,(H,31,32). The normalized spacial score (nSPS) is 11.0. The van der Waals surface area contributed by atoms with Crippen molar-refractivity contribution in [3.63, 3.8) is 0 Å². The van der Waals surface area contributed by atoms with Crippen LogP contribution < -0.4 is 14.9 Å². The minimum absolute atomic E-state index is 0.191. The van der Waals surface area contributed by atoms with E-state index in [9.17, 15) is 4.79 Å². The van der Waals surface area contributed by atoms with E-state index in [2.05, 4.69) is 26.5 Å². The monoisotopic (exact) mass is 584 g/mol. The van der Waals surface area contributed by atoms with Crippen LogP contribution in [0.2, 0.25) is 5.02 Å². The second-order valence-electron chi connectivity index (χ2n) is 7.47. The van der Waals surface area contributed by atoms with E-state index in [1.165, 1.54) is 6.21 Å². The van der Waals surface area contributed by atoms with Crippen LogP contribution >= 0.6 is 39.3 Å². The SMILES string of the molecule is COc1cc(C=NNC(=O)c2ccc(CSc3ccccc3)o2)c(Br)cc1OCc1ccccc1Cl. The molecule has 4 rings (SSSR count). The number of ether oxygens (including phenoxy) is 2. The van der Waals surface area contributed by atoms with Crippen molar-refractivity contribution < 1.29 is 18.7 Å². The number of hydrazone groups is 1. The molecule has 0 bridgehead atoms. The highest BCUT2D eigenvalue weighted by molar-refractivity contribution is 9.10. The van der Waals surface area contributed by atoms with Gasteiger partial charge >= 0.3 is 5.91 Å². The van der Waals surface area contributed by atoms with Crippen molar-refractivity contribution in [1.29, 1.82) is 0 Å². The molecule has 0 saturated carbocycles. The average molecular weight is 586 g/mol. The molecule has 3 aromatic carbocycles. The van der Waals surface area contributed by atoms with Crippen LogP contribution in [-0.4, -0.2) is 19.2 Å². The molecule has 0 aliphatic rings. The zero-order valence-electron chi connectivity index (χ0n) is 19.2. The lowest BCUT2D eigenvalue weighted by Crippen LogP contribution is -2.16. The van der Waals surface area contributed by atoms with Crippen molar-refractivity contribution >= 4 is 51.4 Å². The quantitative estimate of drug-likeness (QED) is 0.120. The Morgan fingerprint density at radius 1 is 1.08 bits per heavy atom. The van der Waals surface area contributed by atoms with Gasteiger partial charge in [0.15, 0.2) is 17.3 Å². The van der Waals surface area contributed by atoms with Crippen molar-refractivity contribution in [3.05, 3.63) is 111 Å². The third-order valence-electron chi connectivity index (χ3n) is 5.00. The van der Waals surface area contributed by atoms with Crippen molar-refractivity contribution in [2.75, 3.05) is 7.11 Å². The van der Waals surface area contributed by atoms with Crippen molar-refractivity contribution in [2.45, 2.75) is 17.3 Å². The fraction of sp³-hybridized carbons (Fsp3) is 0.111. The lowest BCUT2D eigenvalue weighted by molar-refractivity contribution is 0.0926. The highest BCUT2D eigenvalue weighted by Gasteiger charge is 2.13. The van der Waals surface area contributed by atoms with Crippen LogP contribution in [0.1, 0.15) is 27.4 Å². The number of furan rings is 1. The van der Waals surface area contributed by atoms with Crippen molar-refractivity contribution in [3.8, 4) is 11.5 Å². The summed E-state index contributed by atoms with van der Waals surface area (Å²) in [7, 11) is 1.55. The highest BCUT2D eigenvalue weighted by Crippen LogP contribution is 2.34. The van der Waals surface area contributed by atoms with E-state index in [0.29, 0.717) is 44.7 Å². The van der Waals surface area contributed by atoms with Gasteiger partial charge in [0, 0.05) is 25.5 Å². The van der Waals surface area contributed by atoms with Crippen LogP contribution in [0.5, 0.6) is 11.5 Å². The molecule has 0 radical (unpaired) electrons. The molecule has 0 unspecified atom stereocenters. The van der Waals surface area contributed by atoms with Crippen LogP contribution in [0, 0.1) is 0 Å². The summed E-state index contributed by atoms with van der Waals surface area (Å²) >= 11 is 11.4. The topological polar surface area (TPSA) is 73.1 Å². The first-order chi connectivity index (χ1) is 17.5. The predicted molar refractivity (Wildman–Crippen MR) is 146 cm³/mol. The summed E-state index contributed by atoms with van der Waals surface area (Å²) < 4.78 is 17.8. The third kappa shape index (κ3) is 6.94. The van der Waals surface area contributed by atoms with Crippen LogP contribution in [-0.2, 0) is 12.4 Å². The van der Waals surface area contributed by atoms with Crippen molar-refractivity contribution in [2.24, 2.45) is 5.10 Å². The number of carbonyl (C=O) groups is 1. The summed E-state index contributed by atoms with van der Waals surface area (Å²) in [5.74, 6) is 2.14. The molecule has 0 saturated heterocycles. The van der Waals surface area contributed by atoms with Gasteiger partial charge in [-0.2, -0.15) is 5.10 Å². The Hall–Kier alpha value is -3.20. The molecule has 1 aromatic heterocycles. The zero-order chi connectivity index (χ0) is 25.3. The number of methoxy groups -OCH3 is 1. The van der Waals surface area contributed by atoms with E-state index in [1.807, 2.05) is 54.6 Å². The lowest BCUT2D eigenvalue weighted by atomic mass is 10.2. The lowest BCUT2D eigenvalue weighted by Gasteiger charge is -2.13. The maximum atomic E-state index is 12.4. The number of benzene rings is 3. The van der Waals surface area contributed by atoms with Gasteiger partial charge in [0.25, 0.3) is 0 Å². The summed E-state index contributed by atoms with van der Waals surface area (Å²) in [4.78, 5) is 13.6. The zero-order valence-corrected chi connectivity index (χ0v) is 22.4. The summed E-state index contributed by atoms with van der Waals surface area (Å²) in [5.41, 5.74) is 4.05. The largest absolute Gasteiger partial charge is 0.493 e. The van der Waals surface area contributed by atoms with E-state index < -0.39 is 5.91 Å². The fourth-order valence-electron chi connectivity index (χ4n) is 3.16. The van der Waals surface area contributed by atoms with Crippen LogP contribution in [0.15, 0.2) is 97.7 Å². The maximum Gasteiger partial charge on any atom is 0.307 e. The number of rotatable bonds is 10. The number of thioether (sulfide) groups is 1. The van der Waals surface area contributed by atoms with Gasteiger partial charge in [-0.15, -0.1) is 11.8 Å². The van der Waals surface area contributed by atoms with Gasteiger partial charge in [-0.25, -0.2) is 5.43 Å². The molecule has 0 aliphatic carbocycles. The first-order valence-corrected chi connectivity index (χ1v) is 13.0. The van der Waals surface area contributed by atoms with Gasteiger partial charge in [0.2, 0.25) is 0 Å². The van der Waals surface area contributed by atoms with Crippen LogP contribution in [0.25, 0.3) is 0 Å². The second kappa shape index (κ2) is 12.7. The first-order valence-electron chi connectivity index (χ1n) is 10.9. The smallest absolute Gasteiger partial charge is 0.307 e. The number of halogens is 2. The van der Waals surface area contributed by atoms with Gasteiger partial charge in [-0.3, -0.25) is 4.79 Å². The number of nitrogens with zero attached hydrogens (tertiary/aromatic N) is 1. The van der Waals surface area contributed by atoms with Gasteiger partial charge in [-0.05, 0) is 58.4 Å². The molecule has 184 valence electrons. The van der Waals surface area contributed by atoms with Crippen LogP contribution in [0.4, 0.5) is 0 Å². The van der Waals surface area contributed by atoms with Gasteiger partial charge < -0.3 is 13.9 Å². The Labute approximate surface area is 226 Å². The molecule has 0 aliphatic heterocycles. The van der Waals surface area contributed by atoms with Gasteiger partial charge in [0.1, 0.15) is 12.4 Å². The Kier molecular flexibility index (Phi) is 9.11. The Balaban J connectivity index is 1.35. The molecular formula is C27H22BrClN2O4S. The maximum absolute atomic E-state index is 12.4. The number of nitrogens with one attached hydrogen (secondary N) is 1. The van der Waals surface area contributed by atoms with E-state index in [4.69, 9.17) is 25.5 Å². The highest BCUT2D eigenvalue weighted by atomic mass is 79.9. The molecule has 9 heteroatoms. The molecule has 1 heterocycles. The minimum Gasteiger partial charge on any atom is -0.493 e. The van der Waals surface area contributed by atoms with E-state index >= 15 is 0 Å². The molecular weight excluding hydrogens is 564 g/mol. The molecule has 0 atom stereocenters. The number of hydrogen-bond acceptors (Lipinski definition) is 6. The van der Waals surface area contributed by atoms with Gasteiger partial charge in [0.05, 0.1) is 19.1 Å². The van der Waals surface area contributed by atoms with E-state index in [-0.39, 0.29) is 5.76 Å². The summed E-state index contributed by atoms with van der Waals surface area (Å²) in [6.07, 6.45) is 1.51. The predicted octanol–water partition coefficient (Wildman–Crippen LogP) is 7.34. The molecule has 6 nitrogen and oxygen atoms in total. The Bertz CT molecular complexity index is 1360. The minimum atomic E-state index is -0.440. The first kappa shape index (κ1) is 25.9. The molecule has 36 heavy (non-hydrogen) atoms. The molecule has 1 N–H and O–H groups in total. The summed E-state index contributed by atoms with van der Waals surface area (Å²) in [6, 6.07) is 24.4. The molecule has 0 spiro atoms. The molecule has 4 aromatic rings. The number of carbonyl (C=O) groups excluding carboxylic acids is 1. The van der Waals surface area contributed by atoms with E-state index in [0.717, 1.165) is 10.5 Å². The van der Waals surface area contributed by atoms with E-state index in [1.54, 1.807) is 43.1 Å². The van der Waals surface area contributed by atoms with Crippen molar-refractivity contribution in [1.82, 2.24) is 5.43 Å². The summed E-state index contributed by atoms with van der Waals surface area (Å²) in [6.45, 7) is 0.293. The molecule has 1 amide bonds. The van der Waals surface area contributed by atoms with Gasteiger partial charge in [-0.1, -0.05) is 48.0 Å². The Morgan fingerprint density at radius 3 is 2.64 bits per heavy atom. The number of hydrogen-bond donors (Lipinski definition) is 1. The summed E-state index contributed by atoms with van der Waals surface area (Å²) in [5, 5.41) is 4.69.